The first-order valence-electron chi connectivity index (χ1n) is 14.5. The van der Waals surface area contributed by atoms with Crippen LogP contribution in [0.5, 0.6) is 11.5 Å². The number of aryl methyl sites for hydroxylation is 2. The van der Waals surface area contributed by atoms with E-state index < -0.39 is 15.8 Å². The molecule has 0 N–H and O–H groups in total. The molecule has 0 fully saturated rings. The molecule has 0 aliphatic carbocycles. The summed E-state index contributed by atoms with van der Waals surface area (Å²) in [5.41, 5.74) is 2.36. The van der Waals surface area contributed by atoms with Crippen LogP contribution in [0.25, 0.3) is 0 Å². The van der Waals surface area contributed by atoms with Gasteiger partial charge in [0, 0.05) is 30.7 Å². The van der Waals surface area contributed by atoms with E-state index in [0.29, 0.717) is 20.1 Å². The van der Waals surface area contributed by atoms with Gasteiger partial charge in [0.15, 0.2) is 0 Å². The van der Waals surface area contributed by atoms with E-state index in [-0.39, 0.29) is 0 Å². The molecule has 0 amide bonds. The summed E-state index contributed by atoms with van der Waals surface area (Å²) in [5.74, 6) is 1.79. The highest BCUT2D eigenvalue weighted by Gasteiger charge is 2.31. The van der Waals surface area contributed by atoms with Crippen LogP contribution in [0.2, 0.25) is 20.1 Å². The van der Waals surface area contributed by atoms with Crippen LogP contribution in [-0.2, 0) is 0 Å². The van der Waals surface area contributed by atoms with Crippen LogP contribution in [0.1, 0.15) is 11.1 Å². The SMILES string of the molecule is Cc1cc2c(c(P(c3ccc(Cl)cc3)c3ccc(Cl)cc3)c1)Oc1c(cc(C)cc1P(c1ccc(Cl)cc1)c1ccc(Cl)cc1)S2. The molecule has 1 nitrogen and oxygen atoms in total. The van der Waals surface area contributed by atoms with Crippen LogP contribution in [0, 0.1) is 13.8 Å². The molecule has 1 aliphatic rings. The van der Waals surface area contributed by atoms with E-state index in [2.05, 4.69) is 86.6 Å². The summed E-state index contributed by atoms with van der Waals surface area (Å²) >= 11 is 27.2. The zero-order valence-electron chi connectivity index (χ0n) is 24.8. The van der Waals surface area contributed by atoms with Gasteiger partial charge in [0.1, 0.15) is 11.5 Å². The molecule has 1 heterocycles. The van der Waals surface area contributed by atoms with E-state index in [1.807, 2.05) is 48.5 Å². The van der Waals surface area contributed by atoms with Crippen molar-refractivity contribution in [3.05, 3.63) is 153 Å². The Morgan fingerprint density at radius 3 is 1.00 bits per heavy atom. The summed E-state index contributed by atoms with van der Waals surface area (Å²) in [7, 11) is -1.99. The molecule has 6 aromatic carbocycles. The van der Waals surface area contributed by atoms with E-state index >= 15 is 0 Å². The first-order valence-corrected chi connectivity index (χ1v) is 19.5. The minimum absolute atomic E-state index is 0.708. The van der Waals surface area contributed by atoms with E-state index in [1.165, 1.54) is 32.3 Å². The van der Waals surface area contributed by atoms with Crippen molar-refractivity contribution in [3.8, 4) is 11.5 Å². The molecule has 0 radical (unpaired) electrons. The Morgan fingerprint density at radius 1 is 0.435 bits per heavy atom. The van der Waals surface area contributed by atoms with Crippen LogP contribution >= 0.6 is 74.0 Å². The van der Waals surface area contributed by atoms with Gasteiger partial charge in [0.25, 0.3) is 0 Å². The van der Waals surface area contributed by atoms with E-state index in [9.17, 15) is 0 Å². The van der Waals surface area contributed by atoms with Crippen molar-refractivity contribution in [2.45, 2.75) is 23.6 Å². The standard InChI is InChI=1S/C38H26Cl4OP2S/c1-23-19-33(44(29-11-3-25(39)4-12-29)30-13-5-26(40)6-14-30)37-35(21-23)46-36-22-24(2)20-34(38(36)43-37)45(31-15-7-27(41)8-16-31)32-17-9-28(42)10-18-32/h3-22H,1-2H3. The second-order valence-corrected chi connectivity index (χ2v) is 18.2. The van der Waals surface area contributed by atoms with Gasteiger partial charge in [-0.1, -0.05) is 107 Å². The number of hydrogen-bond acceptors (Lipinski definition) is 2. The molecule has 0 unspecified atom stereocenters. The normalized spacial score (nSPS) is 12.2. The fourth-order valence-corrected chi connectivity index (χ4v) is 12.3. The van der Waals surface area contributed by atoms with E-state index in [4.69, 9.17) is 51.1 Å². The predicted octanol–water partition coefficient (Wildman–Crippen LogP) is 10.7. The Morgan fingerprint density at radius 2 is 0.717 bits per heavy atom. The van der Waals surface area contributed by atoms with Crippen molar-refractivity contribution in [1.29, 1.82) is 0 Å². The highest BCUT2D eigenvalue weighted by Crippen LogP contribution is 2.52. The monoisotopic (exact) mass is 732 g/mol. The fourth-order valence-electron chi connectivity index (χ4n) is 5.57. The molecule has 0 bridgehead atoms. The number of hydrogen-bond donors (Lipinski definition) is 0. The van der Waals surface area contributed by atoms with E-state index in [0.717, 1.165) is 31.9 Å². The molecule has 0 saturated carbocycles. The lowest BCUT2D eigenvalue weighted by Crippen LogP contribution is -2.26. The van der Waals surface area contributed by atoms with Crippen LogP contribution < -0.4 is 36.6 Å². The van der Waals surface area contributed by atoms with Crippen LogP contribution in [0.4, 0.5) is 0 Å². The molecule has 6 aromatic rings. The Labute approximate surface area is 296 Å². The lowest BCUT2D eigenvalue weighted by molar-refractivity contribution is 0.462. The first kappa shape index (κ1) is 32.1. The van der Waals surface area contributed by atoms with Crippen molar-refractivity contribution in [2.24, 2.45) is 0 Å². The number of rotatable bonds is 6. The van der Waals surface area contributed by atoms with Gasteiger partial charge in [-0.05, 0) is 135 Å². The third-order valence-electron chi connectivity index (χ3n) is 7.60. The molecule has 0 saturated heterocycles. The molecular formula is C38H26Cl4OP2S. The van der Waals surface area contributed by atoms with Gasteiger partial charge in [0.2, 0.25) is 0 Å². The highest BCUT2D eigenvalue weighted by molar-refractivity contribution is 7.99. The largest absolute Gasteiger partial charge is 0.454 e. The maximum atomic E-state index is 7.20. The van der Waals surface area contributed by atoms with Crippen molar-refractivity contribution in [2.75, 3.05) is 0 Å². The smallest absolute Gasteiger partial charge is 0.149 e. The van der Waals surface area contributed by atoms with Crippen molar-refractivity contribution < 1.29 is 4.74 Å². The minimum atomic E-state index is -0.997. The molecular weight excluding hydrogens is 708 g/mol. The second-order valence-electron chi connectivity index (χ2n) is 11.0. The lowest BCUT2D eigenvalue weighted by Gasteiger charge is -2.31. The Balaban J connectivity index is 1.43. The highest BCUT2D eigenvalue weighted by atomic mass is 35.5. The van der Waals surface area contributed by atoms with Crippen molar-refractivity contribution >= 4 is 106 Å². The Kier molecular flexibility index (Phi) is 9.44. The van der Waals surface area contributed by atoms with Gasteiger partial charge < -0.3 is 4.74 Å². The number of fused-ring (bicyclic) bond motifs is 2. The minimum Gasteiger partial charge on any atom is -0.454 e. The summed E-state index contributed by atoms with van der Waals surface area (Å²) in [6, 6.07) is 41.7. The fraction of sp³-hybridized carbons (Fsp3) is 0.0526. The average molecular weight is 734 g/mol. The number of halogens is 4. The third kappa shape index (κ3) is 6.60. The summed E-state index contributed by atoms with van der Waals surface area (Å²) in [6.45, 7) is 4.30. The maximum Gasteiger partial charge on any atom is 0.149 e. The van der Waals surface area contributed by atoms with Crippen LogP contribution in [0.15, 0.2) is 131 Å². The molecule has 46 heavy (non-hydrogen) atoms. The number of benzene rings is 6. The van der Waals surface area contributed by atoms with Crippen LogP contribution in [-0.4, -0.2) is 0 Å². The molecule has 1 aliphatic heterocycles. The van der Waals surface area contributed by atoms with Gasteiger partial charge >= 0.3 is 0 Å². The molecule has 8 heteroatoms. The summed E-state index contributed by atoms with van der Waals surface area (Å²) in [6.07, 6.45) is 0. The third-order valence-corrected chi connectivity index (χ3v) is 14.5. The van der Waals surface area contributed by atoms with Crippen molar-refractivity contribution in [1.82, 2.24) is 0 Å². The summed E-state index contributed by atoms with van der Waals surface area (Å²) in [5, 5.41) is 9.87. The molecule has 0 atom stereocenters. The molecule has 228 valence electrons. The van der Waals surface area contributed by atoms with Gasteiger partial charge in [-0.25, -0.2) is 0 Å². The molecule has 0 aromatic heterocycles. The number of ether oxygens (including phenoxy) is 1. The topological polar surface area (TPSA) is 9.23 Å². The quantitative estimate of drug-likeness (QED) is 0.157. The van der Waals surface area contributed by atoms with Gasteiger partial charge in [-0.2, -0.15) is 0 Å². The Hall–Kier alpha value is -2.51. The predicted molar refractivity (Wildman–Crippen MR) is 204 cm³/mol. The molecule has 7 rings (SSSR count). The van der Waals surface area contributed by atoms with Crippen LogP contribution in [0.3, 0.4) is 0 Å². The van der Waals surface area contributed by atoms with Gasteiger partial charge in [0.05, 0.1) is 9.79 Å². The van der Waals surface area contributed by atoms with Gasteiger partial charge in [-0.15, -0.1) is 0 Å². The maximum absolute atomic E-state index is 7.20. The summed E-state index contributed by atoms with van der Waals surface area (Å²) < 4.78 is 7.20. The van der Waals surface area contributed by atoms with Gasteiger partial charge in [-0.3, -0.25) is 0 Å². The lowest BCUT2D eigenvalue weighted by atomic mass is 10.2. The second kappa shape index (κ2) is 13.5. The summed E-state index contributed by atoms with van der Waals surface area (Å²) in [4.78, 5) is 2.22. The first-order chi connectivity index (χ1) is 22.2. The average Bonchev–Trinajstić information content (AvgIpc) is 3.04. The van der Waals surface area contributed by atoms with E-state index in [1.54, 1.807) is 11.8 Å². The zero-order valence-corrected chi connectivity index (χ0v) is 30.4. The van der Waals surface area contributed by atoms with Crippen molar-refractivity contribution in [3.63, 3.8) is 0 Å². The molecule has 0 spiro atoms. The zero-order chi connectivity index (χ0) is 31.9. The Bertz CT molecular complexity index is 1810.